The maximum atomic E-state index is 11.2. The Bertz CT molecular complexity index is 1100. The van der Waals surface area contributed by atoms with Gasteiger partial charge in [-0.25, -0.2) is 4.79 Å². The Morgan fingerprint density at radius 3 is 2.70 bits per heavy atom. The van der Waals surface area contributed by atoms with E-state index < -0.39 is 11.6 Å². The van der Waals surface area contributed by atoms with E-state index in [0.717, 1.165) is 0 Å². The van der Waals surface area contributed by atoms with E-state index in [9.17, 15) is 15.0 Å². The number of carboxylic acids is 1. The highest BCUT2D eigenvalue weighted by Crippen LogP contribution is 2.27. The number of aliphatic hydroxyl groups is 1. The van der Waals surface area contributed by atoms with Gasteiger partial charge in [-0.05, 0) is 50.6 Å². The van der Waals surface area contributed by atoms with Crippen molar-refractivity contribution in [3.05, 3.63) is 52.0 Å². The van der Waals surface area contributed by atoms with Crippen LogP contribution in [-0.4, -0.2) is 31.8 Å². The van der Waals surface area contributed by atoms with Crippen LogP contribution in [0.5, 0.6) is 11.8 Å². The summed E-state index contributed by atoms with van der Waals surface area (Å²) in [7, 11) is 0. The van der Waals surface area contributed by atoms with Crippen LogP contribution in [0.3, 0.4) is 0 Å². The molecule has 0 aliphatic heterocycles. The topological polar surface area (TPSA) is 95.4 Å². The Morgan fingerprint density at radius 1 is 1.30 bits per heavy atom. The minimum atomic E-state index is -1.13. The first kappa shape index (κ1) is 18.8. The summed E-state index contributed by atoms with van der Waals surface area (Å²) in [4.78, 5) is 18.6. The lowest BCUT2D eigenvalue weighted by Crippen LogP contribution is -2.14. The van der Waals surface area contributed by atoms with E-state index in [1.165, 1.54) is 6.07 Å². The minimum Gasteiger partial charge on any atom is -0.478 e. The lowest BCUT2D eigenvalue weighted by molar-refractivity contribution is 0.0695. The van der Waals surface area contributed by atoms with Crippen molar-refractivity contribution < 1.29 is 19.7 Å². The molecule has 0 fully saturated rings. The molecule has 27 heavy (non-hydrogen) atoms. The molecule has 3 N–H and O–H groups in total. The molecule has 1 heterocycles. The maximum Gasteiger partial charge on any atom is 0.336 e. The van der Waals surface area contributed by atoms with E-state index in [1.54, 1.807) is 45.0 Å². The van der Waals surface area contributed by atoms with Gasteiger partial charge in [0.05, 0.1) is 21.6 Å². The number of hydrogen-bond donors (Lipinski definition) is 3. The molecule has 0 aliphatic rings. The van der Waals surface area contributed by atoms with Gasteiger partial charge >= 0.3 is 5.97 Å². The molecule has 0 saturated carbocycles. The zero-order chi connectivity index (χ0) is 19.8. The summed E-state index contributed by atoms with van der Waals surface area (Å²) in [5.41, 5.74) is 1.44. The molecule has 0 aliphatic carbocycles. The summed E-state index contributed by atoms with van der Waals surface area (Å²) in [5, 5.41) is 19.4. The number of nitrogens with zero attached hydrogens (tertiary/aromatic N) is 1. The SMILES string of the molecule is Cc1ccc(Oc2nc3cc(C#CC(C)(C)O)c(Cl)cc3[nH]2)cc1C(=O)O. The molecule has 3 aromatic rings. The van der Waals surface area contributed by atoms with Crippen molar-refractivity contribution in [2.24, 2.45) is 0 Å². The number of rotatable bonds is 3. The van der Waals surface area contributed by atoms with E-state index in [1.807, 2.05) is 0 Å². The molecule has 0 amide bonds. The molecule has 6 nitrogen and oxygen atoms in total. The van der Waals surface area contributed by atoms with E-state index in [2.05, 4.69) is 21.8 Å². The standard InChI is InChI=1S/C20H17ClN2O4/c1-11-4-5-13(9-14(11)18(24)25)27-19-22-16-8-12(6-7-20(2,3)26)15(21)10-17(16)23-19/h4-5,8-10,26H,1-3H3,(H,22,23)(H,24,25). The number of aromatic nitrogens is 2. The highest BCUT2D eigenvalue weighted by Gasteiger charge is 2.12. The van der Waals surface area contributed by atoms with Gasteiger partial charge in [0, 0.05) is 5.56 Å². The third kappa shape index (κ3) is 4.40. The third-order valence-electron chi connectivity index (χ3n) is 3.71. The fourth-order valence-corrected chi connectivity index (χ4v) is 2.59. The highest BCUT2D eigenvalue weighted by molar-refractivity contribution is 6.32. The van der Waals surface area contributed by atoms with Crippen LogP contribution < -0.4 is 4.74 Å². The molecule has 0 bridgehead atoms. The number of imidazole rings is 1. The number of aromatic carboxylic acids is 1. The van der Waals surface area contributed by atoms with E-state index in [-0.39, 0.29) is 11.6 Å². The summed E-state index contributed by atoms with van der Waals surface area (Å²) >= 11 is 6.24. The van der Waals surface area contributed by atoms with Crippen LogP contribution in [-0.2, 0) is 0 Å². The number of fused-ring (bicyclic) bond motifs is 1. The van der Waals surface area contributed by atoms with Crippen LogP contribution in [0.15, 0.2) is 30.3 Å². The molecular weight excluding hydrogens is 368 g/mol. The molecule has 138 valence electrons. The summed E-state index contributed by atoms with van der Waals surface area (Å²) in [6.07, 6.45) is 0. The number of benzene rings is 2. The van der Waals surface area contributed by atoms with Gasteiger partial charge in [0.15, 0.2) is 0 Å². The number of H-pyrrole nitrogens is 1. The first-order valence-corrected chi connectivity index (χ1v) is 8.47. The van der Waals surface area contributed by atoms with Gasteiger partial charge in [-0.3, -0.25) is 0 Å². The molecule has 3 rings (SSSR count). The average molecular weight is 385 g/mol. The molecule has 0 atom stereocenters. The summed E-state index contributed by atoms with van der Waals surface area (Å²) in [5.74, 6) is 4.88. The largest absolute Gasteiger partial charge is 0.478 e. The monoisotopic (exact) mass is 384 g/mol. The van der Waals surface area contributed by atoms with Crippen molar-refractivity contribution in [2.75, 3.05) is 0 Å². The van der Waals surface area contributed by atoms with Crippen LogP contribution in [0.25, 0.3) is 11.0 Å². The van der Waals surface area contributed by atoms with Crippen molar-refractivity contribution >= 4 is 28.6 Å². The maximum absolute atomic E-state index is 11.2. The third-order valence-corrected chi connectivity index (χ3v) is 4.02. The van der Waals surface area contributed by atoms with Gasteiger partial charge in [-0.2, -0.15) is 4.98 Å². The van der Waals surface area contributed by atoms with E-state index in [4.69, 9.17) is 16.3 Å². The van der Waals surface area contributed by atoms with Gasteiger partial charge in [0.1, 0.15) is 11.4 Å². The number of ether oxygens (including phenoxy) is 1. The highest BCUT2D eigenvalue weighted by atomic mass is 35.5. The van der Waals surface area contributed by atoms with Crippen LogP contribution in [0.4, 0.5) is 0 Å². The van der Waals surface area contributed by atoms with E-state index in [0.29, 0.717) is 32.9 Å². The number of aryl methyl sites for hydroxylation is 1. The number of aromatic amines is 1. The minimum absolute atomic E-state index is 0.163. The van der Waals surface area contributed by atoms with Crippen LogP contribution in [0, 0.1) is 18.8 Å². The van der Waals surface area contributed by atoms with Crippen molar-refractivity contribution in [1.82, 2.24) is 9.97 Å². The smallest absolute Gasteiger partial charge is 0.336 e. The normalized spacial score (nSPS) is 11.1. The van der Waals surface area contributed by atoms with Crippen LogP contribution >= 0.6 is 11.6 Å². The Balaban J connectivity index is 1.94. The molecule has 0 unspecified atom stereocenters. The second-order valence-corrected chi connectivity index (χ2v) is 6.99. The first-order chi connectivity index (χ1) is 12.6. The lowest BCUT2D eigenvalue weighted by Gasteiger charge is -2.06. The Labute approximate surface area is 160 Å². The quantitative estimate of drug-likeness (QED) is 0.590. The number of nitrogens with one attached hydrogen (secondary N) is 1. The Kier molecular flexibility index (Phi) is 4.83. The van der Waals surface area contributed by atoms with Crippen molar-refractivity contribution in [2.45, 2.75) is 26.4 Å². The van der Waals surface area contributed by atoms with Gasteiger partial charge in [-0.15, -0.1) is 0 Å². The molecule has 0 spiro atoms. The number of carbonyl (C=O) groups is 1. The first-order valence-electron chi connectivity index (χ1n) is 8.09. The van der Waals surface area contributed by atoms with Crippen molar-refractivity contribution in [3.8, 4) is 23.6 Å². The van der Waals surface area contributed by atoms with Gasteiger partial charge < -0.3 is 19.9 Å². The Hall–Kier alpha value is -3.01. The second kappa shape index (κ2) is 6.95. The molecule has 7 heteroatoms. The lowest BCUT2D eigenvalue weighted by atomic mass is 10.1. The zero-order valence-electron chi connectivity index (χ0n) is 14.9. The number of carboxylic acid groups (broad SMARTS) is 1. The molecule has 2 aromatic carbocycles. The average Bonchev–Trinajstić information content (AvgIpc) is 2.94. The molecule has 0 saturated heterocycles. The zero-order valence-corrected chi connectivity index (χ0v) is 15.7. The van der Waals surface area contributed by atoms with Gasteiger partial charge in [0.25, 0.3) is 6.01 Å². The predicted octanol–water partition coefficient (Wildman–Crippen LogP) is 4.14. The van der Waals surface area contributed by atoms with Crippen LogP contribution in [0.1, 0.15) is 35.3 Å². The molecule has 0 radical (unpaired) electrons. The summed E-state index contributed by atoms with van der Waals surface area (Å²) < 4.78 is 5.65. The predicted molar refractivity (Wildman–Crippen MR) is 102 cm³/mol. The van der Waals surface area contributed by atoms with Gasteiger partial charge in [0.2, 0.25) is 0 Å². The fourth-order valence-electron chi connectivity index (χ4n) is 2.38. The van der Waals surface area contributed by atoms with Crippen molar-refractivity contribution in [3.63, 3.8) is 0 Å². The number of hydrogen-bond acceptors (Lipinski definition) is 4. The fraction of sp³-hybridized carbons (Fsp3) is 0.200. The van der Waals surface area contributed by atoms with Crippen LogP contribution in [0.2, 0.25) is 5.02 Å². The van der Waals surface area contributed by atoms with Crippen molar-refractivity contribution in [1.29, 1.82) is 0 Å². The Morgan fingerprint density at radius 2 is 2.04 bits per heavy atom. The molecular formula is C20H17ClN2O4. The van der Waals surface area contributed by atoms with E-state index >= 15 is 0 Å². The summed E-state index contributed by atoms with van der Waals surface area (Å²) in [6.45, 7) is 4.88. The second-order valence-electron chi connectivity index (χ2n) is 6.58. The summed E-state index contributed by atoms with van der Waals surface area (Å²) in [6, 6.07) is 8.34. The molecule has 1 aromatic heterocycles. The van der Waals surface area contributed by atoms with Gasteiger partial charge in [-0.1, -0.05) is 29.5 Å². The number of halogens is 1.